The summed E-state index contributed by atoms with van der Waals surface area (Å²) in [5, 5.41) is 4.80. The second-order valence-electron chi connectivity index (χ2n) is 6.75. The number of esters is 1. The molecule has 2 aromatic carbocycles. The van der Waals surface area contributed by atoms with Gasteiger partial charge in [0.25, 0.3) is 5.91 Å². The normalized spacial score (nSPS) is 11.3. The van der Waals surface area contributed by atoms with Gasteiger partial charge < -0.3 is 13.9 Å². The number of benzene rings is 2. The smallest absolute Gasteiger partial charge is 0.305 e. The zero-order chi connectivity index (χ0) is 21.2. The van der Waals surface area contributed by atoms with Crippen molar-refractivity contribution in [1.29, 1.82) is 0 Å². The number of furan rings is 1. The molecular formula is C24H25NO5. The molecule has 1 aromatic heterocycles. The molecule has 0 saturated heterocycles. The fourth-order valence-corrected chi connectivity index (χ4v) is 3.03. The molecule has 30 heavy (non-hydrogen) atoms. The maximum absolute atomic E-state index is 12.7. The monoisotopic (exact) mass is 407 g/mol. The Kier molecular flexibility index (Phi) is 7.66. The second kappa shape index (κ2) is 10.9. The number of fused-ring (bicyclic) bond motifs is 1. The minimum Gasteiger partial charge on any atom is -0.488 e. The number of methoxy groups -OCH3 is 1. The van der Waals surface area contributed by atoms with E-state index in [2.05, 4.69) is 10.1 Å². The van der Waals surface area contributed by atoms with Gasteiger partial charge in [-0.2, -0.15) is 0 Å². The average Bonchev–Trinajstić information content (AvgIpc) is 3.28. The molecule has 0 saturated carbocycles. The third kappa shape index (κ3) is 5.98. The SMILES string of the molecule is COC(=O)CCCC/C=C(\COc1cccc2ccccc12)C(=O)Nc1ccco1. The molecule has 6 heteroatoms. The van der Waals surface area contributed by atoms with Crippen LogP contribution in [0.25, 0.3) is 10.8 Å². The number of ether oxygens (including phenoxy) is 2. The first kappa shape index (κ1) is 21.2. The number of hydrogen-bond acceptors (Lipinski definition) is 5. The first-order valence-corrected chi connectivity index (χ1v) is 9.88. The molecule has 6 nitrogen and oxygen atoms in total. The van der Waals surface area contributed by atoms with E-state index < -0.39 is 0 Å². The summed E-state index contributed by atoms with van der Waals surface area (Å²) in [6, 6.07) is 17.2. The molecule has 3 rings (SSSR count). The summed E-state index contributed by atoms with van der Waals surface area (Å²) in [5.41, 5.74) is 0.498. The van der Waals surface area contributed by atoms with Gasteiger partial charge in [0, 0.05) is 17.9 Å². The Balaban J connectivity index is 1.67. The number of carbonyl (C=O) groups is 2. The van der Waals surface area contributed by atoms with Crippen LogP contribution in [0.3, 0.4) is 0 Å². The Morgan fingerprint density at radius 2 is 1.87 bits per heavy atom. The molecule has 0 radical (unpaired) electrons. The van der Waals surface area contributed by atoms with Gasteiger partial charge in [0.05, 0.1) is 18.9 Å². The second-order valence-corrected chi connectivity index (χ2v) is 6.75. The number of rotatable bonds is 10. The van der Waals surface area contributed by atoms with Crippen LogP contribution in [0, 0.1) is 0 Å². The average molecular weight is 407 g/mol. The van der Waals surface area contributed by atoms with Crippen LogP contribution in [0.1, 0.15) is 25.7 Å². The maximum atomic E-state index is 12.7. The van der Waals surface area contributed by atoms with E-state index in [9.17, 15) is 9.59 Å². The van der Waals surface area contributed by atoms with Crippen LogP contribution in [0.15, 0.2) is 76.9 Å². The highest BCUT2D eigenvalue weighted by Gasteiger charge is 2.13. The topological polar surface area (TPSA) is 77.8 Å². The van der Waals surface area contributed by atoms with Crippen molar-refractivity contribution in [3.63, 3.8) is 0 Å². The van der Waals surface area contributed by atoms with E-state index in [1.807, 2.05) is 48.5 Å². The number of hydrogen-bond donors (Lipinski definition) is 1. The predicted octanol–water partition coefficient (Wildman–Crippen LogP) is 5.11. The standard InChI is InChI=1S/C24H25NO5/c1-28-23(26)15-4-2-3-10-19(24(27)25-22-14-8-16-29-22)17-30-21-13-7-11-18-9-5-6-12-20(18)21/h5-14,16H,2-4,15,17H2,1H3,(H,25,27)/b19-10+. The summed E-state index contributed by atoms with van der Waals surface area (Å²) < 4.78 is 15.9. The van der Waals surface area contributed by atoms with Gasteiger partial charge in [-0.1, -0.05) is 42.5 Å². The van der Waals surface area contributed by atoms with Crippen molar-refractivity contribution >= 4 is 28.5 Å². The van der Waals surface area contributed by atoms with Gasteiger partial charge in [-0.3, -0.25) is 14.9 Å². The first-order valence-electron chi connectivity index (χ1n) is 9.88. The van der Waals surface area contributed by atoms with Crippen LogP contribution in [0.4, 0.5) is 5.88 Å². The van der Waals surface area contributed by atoms with Gasteiger partial charge in [-0.05, 0) is 36.8 Å². The zero-order valence-corrected chi connectivity index (χ0v) is 16.9. The van der Waals surface area contributed by atoms with E-state index in [4.69, 9.17) is 9.15 Å². The summed E-state index contributed by atoms with van der Waals surface area (Å²) in [6.45, 7) is 0.123. The maximum Gasteiger partial charge on any atom is 0.305 e. The van der Waals surface area contributed by atoms with E-state index in [1.54, 1.807) is 12.1 Å². The molecule has 0 aliphatic carbocycles. The van der Waals surface area contributed by atoms with Crippen LogP contribution in [-0.2, 0) is 14.3 Å². The lowest BCUT2D eigenvalue weighted by atomic mass is 10.1. The Morgan fingerprint density at radius 1 is 1.03 bits per heavy atom. The summed E-state index contributed by atoms with van der Waals surface area (Å²) in [6.07, 6.45) is 5.82. The molecule has 0 fully saturated rings. The van der Waals surface area contributed by atoms with Gasteiger partial charge >= 0.3 is 5.97 Å². The van der Waals surface area contributed by atoms with Crippen molar-refractivity contribution in [1.82, 2.24) is 0 Å². The zero-order valence-electron chi connectivity index (χ0n) is 16.9. The molecule has 156 valence electrons. The van der Waals surface area contributed by atoms with Crippen molar-refractivity contribution in [3.05, 3.63) is 72.5 Å². The number of nitrogens with one attached hydrogen (secondary N) is 1. The minimum atomic E-state index is -0.279. The molecule has 1 heterocycles. The van der Waals surface area contributed by atoms with Crippen LogP contribution in [0.5, 0.6) is 5.75 Å². The van der Waals surface area contributed by atoms with Crippen molar-refractivity contribution in [3.8, 4) is 5.75 Å². The predicted molar refractivity (Wildman–Crippen MR) is 115 cm³/mol. The molecule has 0 aliphatic heterocycles. The summed E-state index contributed by atoms with van der Waals surface area (Å²) in [7, 11) is 1.38. The lowest BCUT2D eigenvalue weighted by molar-refractivity contribution is -0.140. The largest absolute Gasteiger partial charge is 0.488 e. The van der Waals surface area contributed by atoms with E-state index in [-0.39, 0.29) is 18.5 Å². The summed E-state index contributed by atoms with van der Waals surface area (Å²) in [5.74, 6) is 0.587. The Labute approximate surface area is 175 Å². The number of amides is 1. The molecule has 1 N–H and O–H groups in total. The third-order valence-corrected chi connectivity index (χ3v) is 4.64. The molecule has 1 amide bonds. The molecular weight excluding hydrogens is 382 g/mol. The van der Waals surface area contributed by atoms with E-state index >= 15 is 0 Å². The quantitative estimate of drug-likeness (QED) is 0.287. The van der Waals surface area contributed by atoms with Gasteiger partial charge in [0.15, 0.2) is 5.88 Å². The van der Waals surface area contributed by atoms with Crippen molar-refractivity contribution in [2.45, 2.75) is 25.7 Å². The van der Waals surface area contributed by atoms with E-state index in [0.29, 0.717) is 30.7 Å². The number of anilines is 1. The lowest BCUT2D eigenvalue weighted by Crippen LogP contribution is -2.19. The lowest BCUT2D eigenvalue weighted by Gasteiger charge is -2.12. The van der Waals surface area contributed by atoms with E-state index in [1.165, 1.54) is 13.4 Å². The fraction of sp³-hybridized carbons (Fsp3) is 0.250. The van der Waals surface area contributed by atoms with E-state index in [0.717, 1.165) is 22.9 Å². The van der Waals surface area contributed by atoms with Crippen molar-refractivity contribution in [2.24, 2.45) is 0 Å². The third-order valence-electron chi connectivity index (χ3n) is 4.64. The van der Waals surface area contributed by atoms with Crippen LogP contribution in [0.2, 0.25) is 0 Å². The van der Waals surface area contributed by atoms with Crippen molar-refractivity contribution in [2.75, 3.05) is 19.0 Å². The Bertz CT molecular complexity index is 1000. The van der Waals surface area contributed by atoms with Gasteiger partial charge in [-0.15, -0.1) is 0 Å². The molecule has 0 atom stereocenters. The minimum absolute atomic E-state index is 0.123. The Hall–Kier alpha value is -3.54. The van der Waals surface area contributed by atoms with Crippen LogP contribution in [-0.4, -0.2) is 25.6 Å². The Morgan fingerprint density at radius 3 is 2.67 bits per heavy atom. The highest BCUT2D eigenvalue weighted by molar-refractivity contribution is 6.03. The molecule has 0 aliphatic rings. The molecule has 0 spiro atoms. The molecule has 0 bridgehead atoms. The summed E-state index contributed by atoms with van der Waals surface area (Å²) >= 11 is 0. The van der Waals surface area contributed by atoms with Gasteiger partial charge in [-0.25, -0.2) is 0 Å². The first-order chi connectivity index (χ1) is 14.7. The number of unbranched alkanes of at least 4 members (excludes halogenated alkanes) is 2. The van der Waals surface area contributed by atoms with Crippen LogP contribution >= 0.6 is 0 Å². The number of allylic oxidation sites excluding steroid dienone is 1. The highest BCUT2D eigenvalue weighted by atomic mass is 16.5. The van der Waals surface area contributed by atoms with Gasteiger partial charge in [0.1, 0.15) is 12.4 Å². The highest BCUT2D eigenvalue weighted by Crippen LogP contribution is 2.25. The fourth-order valence-electron chi connectivity index (χ4n) is 3.03. The summed E-state index contributed by atoms with van der Waals surface area (Å²) in [4.78, 5) is 23.9. The van der Waals surface area contributed by atoms with Crippen LogP contribution < -0.4 is 10.1 Å². The van der Waals surface area contributed by atoms with Gasteiger partial charge in [0.2, 0.25) is 0 Å². The molecule has 3 aromatic rings. The molecule has 0 unspecified atom stereocenters. The number of carbonyl (C=O) groups excluding carboxylic acids is 2. The van der Waals surface area contributed by atoms with Crippen molar-refractivity contribution < 1.29 is 23.5 Å².